The minimum Gasteiger partial charge on any atom is -0.505 e. The Bertz CT molecular complexity index is 900. The third-order valence-corrected chi connectivity index (χ3v) is 4.04. The molecule has 25 heavy (non-hydrogen) atoms. The van der Waals surface area contributed by atoms with Crippen molar-refractivity contribution < 1.29 is 14.4 Å². The minimum absolute atomic E-state index is 0.0473. The van der Waals surface area contributed by atoms with Crippen LogP contribution in [0.25, 0.3) is 11.5 Å². The molecule has 0 atom stereocenters. The number of hydrogen-bond donors (Lipinski definition) is 2. The lowest BCUT2D eigenvalue weighted by atomic mass is 10.1. The highest BCUT2D eigenvalue weighted by Crippen LogP contribution is 2.35. The second-order valence-electron chi connectivity index (χ2n) is 5.38. The number of carbonyl (C=O) groups excluding carboxylic acids is 1. The molecule has 3 aromatic rings. The average molecular weight is 378 g/mol. The van der Waals surface area contributed by atoms with Gasteiger partial charge in [0.1, 0.15) is 0 Å². The van der Waals surface area contributed by atoms with Crippen LogP contribution in [0.5, 0.6) is 5.75 Å². The molecule has 0 radical (unpaired) electrons. The smallest absolute Gasteiger partial charge is 0.292 e. The third-order valence-electron chi connectivity index (χ3n) is 3.47. The molecule has 0 bridgehead atoms. The van der Waals surface area contributed by atoms with Gasteiger partial charge >= 0.3 is 0 Å². The number of aromatic hydroxyl groups is 1. The molecule has 2 N–H and O–H groups in total. The van der Waals surface area contributed by atoms with Crippen LogP contribution >= 0.6 is 23.2 Å². The van der Waals surface area contributed by atoms with E-state index in [-0.39, 0.29) is 27.5 Å². The summed E-state index contributed by atoms with van der Waals surface area (Å²) < 4.78 is 5.07. The van der Waals surface area contributed by atoms with E-state index in [1.807, 2.05) is 31.2 Å². The van der Waals surface area contributed by atoms with Crippen LogP contribution in [0.1, 0.15) is 21.7 Å². The monoisotopic (exact) mass is 377 g/mol. The number of aromatic nitrogens is 2. The normalized spacial score (nSPS) is 10.7. The summed E-state index contributed by atoms with van der Waals surface area (Å²) in [6, 6.07) is 10.6. The molecular weight excluding hydrogens is 365 g/mol. The molecule has 0 saturated heterocycles. The first-order chi connectivity index (χ1) is 11.9. The number of carbonyl (C=O) groups is 1. The van der Waals surface area contributed by atoms with E-state index in [0.717, 1.165) is 11.1 Å². The summed E-state index contributed by atoms with van der Waals surface area (Å²) >= 11 is 11.7. The number of phenols is 1. The number of amides is 1. The fourth-order valence-electron chi connectivity index (χ4n) is 2.09. The van der Waals surface area contributed by atoms with Crippen LogP contribution in [0.4, 0.5) is 0 Å². The Balaban J connectivity index is 1.72. The minimum atomic E-state index is -0.466. The Hall–Kier alpha value is -2.57. The molecule has 0 fully saturated rings. The van der Waals surface area contributed by atoms with E-state index in [1.54, 1.807) is 0 Å². The lowest BCUT2D eigenvalue weighted by molar-refractivity contribution is 0.0937. The molecule has 1 aromatic heterocycles. The van der Waals surface area contributed by atoms with E-state index in [0.29, 0.717) is 12.1 Å². The second-order valence-corrected chi connectivity index (χ2v) is 6.19. The molecular formula is C17H13Cl2N3O3. The summed E-state index contributed by atoms with van der Waals surface area (Å²) in [5.41, 5.74) is 2.50. The molecule has 0 aliphatic heterocycles. The van der Waals surface area contributed by atoms with Crippen molar-refractivity contribution in [1.29, 1.82) is 0 Å². The van der Waals surface area contributed by atoms with Gasteiger partial charge in [-0.1, -0.05) is 58.2 Å². The number of nitrogens with zero attached hydrogens (tertiary/aromatic N) is 2. The van der Waals surface area contributed by atoms with Gasteiger partial charge in [0.2, 0.25) is 0 Å². The molecule has 0 spiro atoms. The van der Waals surface area contributed by atoms with Crippen molar-refractivity contribution in [2.24, 2.45) is 0 Å². The number of rotatable bonds is 4. The molecule has 0 unspecified atom stereocenters. The summed E-state index contributed by atoms with van der Waals surface area (Å²) in [5.74, 6) is -0.735. The maximum Gasteiger partial charge on any atom is 0.292 e. The van der Waals surface area contributed by atoms with Gasteiger partial charge in [-0.2, -0.15) is 4.98 Å². The molecule has 0 aliphatic rings. The summed E-state index contributed by atoms with van der Waals surface area (Å²) in [6.45, 7) is 2.34. The van der Waals surface area contributed by atoms with E-state index in [1.165, 1.54) is 12.1 Å². The zero-order valence-corrected chi connectivity index (χ0v) is 14.6. The Kier molecular flexibility index (Phi) is 4.92. The van der Waals surface area contributed by atoms with Gasteiger partial charge in [-0.25, -0.2) is 0 Å². The van der Waals surface area contributed by atoms with Crippen LogP contribution < -0.4 is 5.32 Å². The van der Waals surface area contributed by atoms with Gasteiger partial charge in [0.25, 0.3) is 17.6 Å². The predicted octanol–water partition coefficient (Wildman–Crippen LogP) is 3.99. The summed E-state index contributed by atoms with van der Waals surface area (Å²) in [6.07, 6.45) is 0. The van der Waals surface area contributed by atoms with E-state index >= 15 is 0 Å². The van der Waals surface area contributed by atoms with Crippen molar-refractivity contribution in [3.8, 4) is 17.2 Å². The van der Waals surface area contributed by atoms with Crippen LogP contribution in [0, 0.1) is 6.92 Å². The molecule has 128 valence electrons. The van der Waals surface area contributed by atoms with Crippen molar-refractivity contribution in [1.82, 2.24) is 15.5 Å². The fourth-order valence-corrected chi connectivity index (χ4v) is 2.58. The summed E-state index contributed by atoms with van der Waals surface area (Å²) in [7, 11) is 0. The van der Waals surface area contributed by atoms with Crippen molar-refractivity contribution in [2.45, 2.75) is 13.5 Å². The first kappa shape index (κ1) is 17.3. The average Bonchev–Trinajstić information content (AvgIpc) is 3.08. The molecule has 0 saturated carbocycles. The Morgan fingerprint density at radius 1 is 1.20 bits per heavy atom. The molecule has 8 heteroatoms. The molecule has 0 aliphatic carbocycles. The standard InChI is InChI=1S/C17H13Cl2N3O3/c1-9-2-4-10(5-3-9)8-20-16(24)15-21-17(25-22-15)11-6-12(18)14(23)13(19)7-11/h2-7,23H,8H2,1H3,(H,20,24). The van der Waals surface area contributed by atoms with Crippen molar-refractivity contribution in [3.63, 3.8) is 0 Å². The number of aryl methyl sites for hydroxylation is 1. The lowest BCUT2D eigenvalue weighted by Crippen LogP contribution is -2.23. The fraction of sp³-hybridized carbons (Fsp3) is 0.118. The summed E-state index contributed by atoms with van der Waals surface area (Å²) in [4.78, 5) is 16.2. The highest BCUT2D eigenvalue weighted by Gasteiger charge is 2.17. The number of hydrogen-bond acceptors (Lipinski definition) is 5. The first-order valence-electron chi connectivity index (χ1n) is 7.30. The number of phenolic OH excluding ortho intramolecular Hbond substituents is 1. The van der Waals surface area contributed by atoms with Crippen LogP contribution in [-0.4, -0.2) is 21.2 Å². The number of nitrogens with one attached hydrogen (secondary N) is 1. The van der Waals surface area contributed by atoms with Crippen LogP contribution in [0.3, 0.4) is 0 Å². The van der Waals surface area contributed by atoms with E-state index in [4.69, 9.17) is 27.7 Å². The van der Waals surface area contributed by atoms with Crippen LogP contribution in [0.2, 0.25) is 10.0 Å². The molecule has 1 amide bonds. The zero-order valence-electron chi connectivity index (χ0n) is 13.1. The van der Waals surface area contributed by atoms with E-state index in [2.05, 4.69) is 15.5 Å². The second kappa shape index (κ2) is 7.13. The zero-order chi connectivity index (χ0) is 18.0. The number of benzene rings is 2. The van der Waals surface area contributed by atoms with Gasteiger partial charge in [-0.05, 0) is 24.6 Å². The van der Waals surface area contributed by atoms with Gasteiger partial charge in [-0.15, -0.1) is 0 Å². The Morgan fingerprint density at radius 2 is 1.84 bits per heavy atom. The van der Waals surface area contributed by atoms with Gasteiger partial charge in [-0.3, -0.25) is 4.79 Å². The van der Waals surface area contributed by atoms with Crippen molar-refractivity contribution >= 4 is 29.1 Å². The first-order valence-corrected chi connectivity index (χ1v) is 8.05. The Labute approximate surface area is 153 Å². The highest BCUT2D eigenvalue weighted by molar-refractivity contribution is 6.37. The number of halogens is 2. The maximum atomic E-state index is 12.1. The third kappa shape index (κ3) is 3.92. The molecule has 1 heterocycles. The van der Waals surface area contributed by atoms with E-state index < -0.39 is 5.91 Å². The SMILES string of the molecule is Cc1ccc(CNC(=O)c2noc(-c3cc(Cl)c(O)c(Cl)c3)n2)cc1. The van der Waals surface area contributed by atoms with Gasteiger partial charge in [0.05, 0.1) is 10.0 Å². The van der Waals surface area contributed by atoms with Gasteiger partial charge in [0, 0.05) is 12.1 Å². The van der Waals surface area contributed by atoms with Crippen molar-refractivity contribution in [3.05, 3.63) is 63.4 Å². The van der Waals surface area contributed by atoms with Gasteiger partial charge < -0.3 is 14.9 Å². The van der Waals surface area contributed by atoms with Crippen LogP contribution in [-0.2, 0) is 6.54 Å². The summed E-state index contributed by atoms with van der Waals surface area (Å²) in [5, 5.41) is 16.0. The largest absolute Gasteiger partial charge is 0.505 e. The molecule has 2 aromatic carbocycles. The molecule has 3 rings (SSSR count). The van der Waals surface area contributed by atoms with Crippen LogP contribution in [0.15, 0.2) is 40.9 Å². The lowest BCUT2D eigenvalue weighted by Gasteiger charge is -2.03. The topological polar surface area (TPSA) is 88.2 Å². The van der Waals surface area contributed by atoms with E-state index in [9.17, 15) is 9.90 Å². The highest BCUT2D eigenvalue weighted by atomic mass is 35.5. The maximum absolute atomic E-state index is 12.1. The Morgan fingerprint density at radius 3 is 2.48 bits per heavy atom. The van der Waals surface area contributed by atoms with Crippen molar-refractivity contribution in [2.75, 3.05) is 0 Å². The molecule has 6 nitrogen and oxygen atoms in total. The quantitative estimate of drug-likeness (QED) is 0.717. The van der Waals surface area contributed by atoms with Gasteiger partial charge in [0.15, 0.2) is 5.75 Å². The predicted molar refractivity (Wildman–Crippen MR) is 93.8 cm³/mol.